The minimum atomic E-state index is -0.998. The van der Waals surface area contributed by atoms with E-state index >= 15 is 0 Å². The van der Waals surface area contributed by atoms with Crippen LogP contribution in [-0.4, -0.2) is 16.1 Å². The Kier molecular flexibility index (Phi) is 3.94. The molecule has 0 aliphatic heterocycles. The largest absolute Gasteiger partial charge is 0.478 e. The Labute approximate surface area is 112 Å². The molecule has 4 nitrogen and oxygen atoms in total. The number of hydrogen-bond donors (Lipinski definition) is 1. The van der Waals surface area contributed by atoms with E-state index in [1.807, 2.05) is 24.3 Å². The van der Waals surface area contributed by atoms with Gasteiger partial charge in [0.05, 0.1) is 5.56 Å². The Hall–Kier alpha value is -1.88. The third kappa shape index (κ3) is 3.30. The molecule has 0 fully saturated rings. The topological polar surface area (TPSA) is 59.4 Å². The van der Waals surface area contributed by atoms with E-state index in [4.69, 9.17) is 9.84 Å². The van der Waals surface area contributed by atoms with Crippen molar-refractivity contribution in [1.29, 1.82) is 0 Å². The van der Waals surface area contributed by atoms with E-state index < -0.39 is 5.97 Å². The van der Waals surface area contributed by atoms with Crippen molar-refractivity contribution in [2.75, 3.05) is 0 Å². The minimum Gasteiger partial charge on any atom is -0.478 e. The molecule has 1 heterocycles. The summed E-state index contributed by atoms with van der Waals surface area (Å²) in [6, 6.07) is 10.7. The molecular formula is C13H10BrNO3. The summed E-state index contributed by atoms with van der Waals surface area (Å²) in [5, 5.41) is 8.72. The zero-order chi connectivity index (χ0) is 13.0. The zero-order valence-corrected chi connectivity index (χ0v) is 10.9. The van der Waals surface area contributed by atoms with Crippen molar-refractivity contribution >= 4 is 21.9 Å². The first-order valence-electron chi connectivity index (χ1n) is 5.22. The average molecular weight is 308 g/mol. The molecule has 2 rings (SSSR count). The summed E-state index contributed by atoms with van der Waals surface area (Å²) in [5.41, 5.74) is 1.16. The van der Waals surface area contributed by atoms with Crippen LogP contribution >= 0.6 is 15.9 Å². The summed E-state index contributed by atoms with van der Waals surface area (Å²) in [4.78, 5) is 14.6. The lowest BCUT2D eigenvalue weighted by atomic mass is 10.2. The fraction of sp³-hybridized carbons (Fsp3) is 0.0769. The molecule has 0 saturated carbocycles. The number of carboxylic acid groups (broad SMARTS) is 1. The molecular weight excluding hydrogens is 298 g/mol. The lowest BCUT2D eigenvalue weighted by Crippen LogP contribution is -2.00. The van der Waals surface area contributed by atoms with Gasteiger partial charge in [0.1, 0.15) is 6.61 Å². The Morgan fingerprint density at radius 2 is 1.94 bits per heavy atom. The second-order valence-corrected chi connectivity index (χ2v) is 4.52. The molecule has 1 N–H and O–H groups in total. The van der Waals surface area contributed by atoms with Crippen LogP contribution in [0, 0.1) is 0 Å². The maximum atomic E-state index is 10.6. The maximum absolute atomic E-state index is 10.6. The van der Waals surface area contributed by atoms with Crippen LogP contribution in [0.1, 0.15) is 15.9 Å². The van der Waals surface area contributed by atoms with E-state index in [9.17, 15) is 4.79 Å². The first kappa shape index (κ1) is 12.6. The summed E-state index contributed by atoms with van der Waals surface area (Å²) < 4.78 is 6.46. The lowest BCUT2D eigenvalue weighted by Gasteiger charge is -2.05. The van der Waals surface area contributed by atoms with Crippen LogP contribution in [0.2, 0.25) is 0 Å². The highest BCUT2D eigenvalue weighted by Gasteiger charge is 2.03. The minimum absolute atomic E-state index is 0.144. The third-order valence-corrected chi connectivity index (χ3v) is 2.81. The van der Waals surface area contributed by atoms with Gasteiger partial charge in [-0.3, -0.25) is 0 Å². The number of halogens is 1. The summed E-state index contributed by atoms with van der Waals surface area (Å²) in [7, 11) is 0. The number of carbonyl (C=O) groups is 1. The van der Waals surface area contributed by atoms with Gasteiger partial charge in [0.2, 0.25) is 5.88 Å². The molecule has 0 aliphatic rings. The monoisotopic (exact) mass is 307 g/mol. The molecule has 2 aromatic rings. The molecule has 0 aliphatic carbocycles. The van der Waals surface area contributed by atoms with Gasteiger partial charge in [-0.25, -0.2) is 9.78 Å². The number of aromatic carboxylic acids is 1. The molecule has 0 atom stereocenters. The van der Waals surface area contributed by atoms with Crippen LogP contribution < -0.4 is 4.74 Å². The van der Waals surface area contributed by atoms with Gasteiger partial charge in [0, 0.05) is 16.7 Å². The number of nitrogens with zero attached hydrogens (tertiary/aromatic N) is 1. The van der Waals surface area contributed by atoms with Gasteiger partial charge in [0.25, 0.3) is 0 Å². The Balaban J connectivity index is 1.97. The first-order valence-corrected chi connectivity index (χ1v) is 6.01. The van der Waals surface area contributed by atoms with Crippen molar-refractivity contribution < 1.29 is 14.6 Å². The van der Waals surface area contributed by atoms with E-state index in [1.165, 1.54) is 12.3 Å². The smallest absolute Gasteiger partial charge is 0.337 e. The van der Waals surface area contributed by atoms with Gasteiger partial charge in [0.15, 0.2) is 0 Å². The SMILES string of the molecule is O=C(O)c1ccc(OCc2ccc(Br)cc2)nc1. The molecule has 0 unspecified atom stereocenters. The van der Waals surface area contributed by atoms with Crippen LogP contribution in [-0.2, 0) is 6.61 Å². The lowest BCUT2D eigenvalue weighted by molar-refractivity contribution is 0.0696. The zero-order valence-electron chi connectivity index (χ0n) is 9.34. The van der Waals surface area contributed by atoms with E-state index in [0.717, 1.165) is 10.0 Å². The van der Waals surface area contributed by atoms with Crippen LogP contribution in [0.25, 0.3) is 0 Å². The van der Waals surface area contributed by atoms with Crippen LogP contribution in [0.15, 0.2) is 47.1 Å². The van der Waals surface area contributed by atoms with Gasteiger partial charge in [-0.05, 0) is 23.8 Å². The highest BCUT2D eigenvalue weighted by atomic mass is 79.9. The molecule has 0 amide bonds. The molecule has 18 heavy (non-hydrogen) atoms. The fourth-order valence-electron chi connectivity index (χ4n) is 1.33. The average Bonchev–Trinajstić information content (AvgIpc) is 2.38. The molecule has 0 radical (unpaired) electrons. The standard InChI is InChI=1S/C13H10BrNO3/c14-11-4-1-9(2-5-11)8-18-12-6-3-10(7-15-12)13(16)17/h1-7H,8H2,(H,16,17). The van der Waals surface area contributed by atoms with Crippen molar-refractivity contribution in [1.82, 2.24) is 4.98 Å². The number of hydrogen-bond acceptors (Lipinski definition) is 3. The van der Waals surface area contributed by atoms with Crippen molar-refractivity contribution in [2.24, 2.45) is 0 Å². The summed E-state index contributed by atoms with van der Waals surface area (Å²) in [5.74, 6) is -0.593. The molecule has 0 saturated heterocycles. The van der Waals surface area contributed by atoms with E-state index in [2.05, 4.69) is 20.9 Å². The molecule has 0 bridgehead atoms. The van der Waals surface area contributed by atoms with Crippen molar-refractivity contribution in [3.63, 3.8) is 0 Å². The first-order chi connectivity index (χ1) is 8.65. The van der Waals surface area contributed by atoms with Crippen molar-refractivity contribution in [2.45, 2.75) is 6.61 Å². The fourth-order valence-corrected chi connectivity index (χ4v) is 1.59. The quantitative estimate of drug-likeness (QED) is 0.943. The number of aromatic nitrogens is 1. The number of benzene rings is 1. The van der Waals surface area contributed by atoms with E-state index in [1.54, 1.807) is 6.07 Å². The molecule has 1 aromatic carbocycles. The summed E-state index contributed by atoms with van der Waals surface area (Å²) >= 11 is 3.35. The Morgan fingerprint density at radius 3 is 2.50 bits per heavy atom. The Morgan fingerprint density at radius 1 is 1.22 bits per heavy atom. The van der Waals surface area contributed by atoms with Crippen LogP contribution in [0.5, 0.6) is 5.88 Å². The normalized spacial score (nSPS) is 10.1. The third-order valence-electron chi connectivity index (χ3n) is 2.28. The predicted molar refractivity (Wildman–Crippen MR) is 69.7 cm³/mol. The molecule has 1 aromatic heterocycles. The summed E-state index contributed by atoms with van der Waals surface area (Å²) in [6.45, 7) is 0.396. The number of carboxylic acids is 1. The summed E-state index contributed by atoms with van der Waals surface area (Å²) in [6.07, 6.45) is 1.28. The predicted octanol–water partition coefficient (Wildman–Crippen LogP) is 3.12. The number of ether oxygens (including phenoxy) is 1. The second-order valence-electron chi connectivity index (χ2n) is 3.61. The highest BCUT2D eigenvalue weighted by molar-refractivity contribution is 9.10. The second kappa shape index (κ2) is 5.64. The molecule has 5 heteroatoms. The van der Waals surface area contributed by atoms with E-state index in [-0.39, 0.29) is 5.56 Å². The highest BCUT2D eigenvalue weighted by Crippen LogP contribution is 2.13. The maximum Gasteiger partial charge on any atom is 0.337 e. The van der Waals surface area contributed by atoms with Gasteiger partial charge >= 0.3 is 5.97 Å². The van der Waals surface area contributed by atoms with Gasteiger partial charge in [-0.2, -0.15) is 0 Å². The van der Waals surface area contributed by atoms with Gasteiger partial charge < -0.3 is 9.84 Å². The Bertz CT molecular complexity index is 537. The van der Waals surface area contributed by atoms with Gasteiger partial charge in [-0.1, -0.05) is 28.1 Å². The van der Waals surface area contributed by atoms with Gasteiger partial charge in [-0.15, -0.1) is 0 Å². The molecule has 0 spiro atoms. The van der Waals surface area contributed by atoms with Crippen molar-refractivity contribution in [3.8, 4) is 5.88 Å². The van der Waals surface area contributed by atoms with Crippen LogP contribution in [0.3, 0.4) is 0 Å². The molecule has 92 valence electrons. The van der Waals surface area contributed by atoms with Crippen LogP contribution in [0.4, 0.5) is 0 Å². The number of pyridine rings is 1. The van der Waals surface area contributed by atoms with Crippen molar-refractivity contribution in [3.05, 3.63) is 58.2 Å². The number of rotatable bonds is 4. The van der Waals surface area contributed by atoms with E-state index in [0.29, 0.717) is 12.5 Å².